The summed E-state index contributed by atoms with van der Waals surface area (Å²) in [5.74, 6) is -0.237. The van der Waals surface area contributed by atoms with Crippen LogP contribution in [-0.4, -0.2) is 193 Å². The SMILES string of the molecule is CCCCCCC/C=C\C/C=C\CCCCCCCCCCCCCCCCCCCCCC(=O)NC(COC1OC(CO)C(OC2OC(CO)C(OC3OC(CO)C(O)C(O)C3O)C(O)C2O)C(O)C1O)C(O)CCCCCCCCCCCCCCCCCCC. The third-order valence-corrected chi connectivity index (χ3v) is 19.3. The molecule has 3 aliphatic heterocycles. The number of nitrogens with one attached hydrogen (secondary N) is 1. The minimum absolute atomic E-state index is 0.237. The number of amides is 1. The van der Waals surface area contributed by atoms with E-state index >= 15 is 0 Å². The Morgan fingerprint density at radius 2 is 0.710 bits per heavy atom. The Hall–Kier alpha value is -1.73. The first-order valence-corrected chi connectivity index (χ1v) is 38.1. The number of unbranched alkanes of at least 4 members (excludes halogenated alkanes) is 40. The highest BCUT2D eigenvalue weighted by molar-refractivity contribution is 5.76. The van der Waals surface area contributed by atoms with Gasteiger partial charge < -0.3 is 89.9 Å². The second-order valence-corrected chi connectivity index (χ2v) is 27.5. The molecule has 0 radical (unpaired) electrons. The molecule has 0 aromatic heterocycles. The van der Waals surface area contributed by atoms with E-state index in [-0.39, 0.29) is 18.9 Å². The van der Waals surface area contributed by atoms with Gasteiger partial charge in [0.05, 0.1) is 38.6 Å². The third-order valence-electron chi connectivity index (χ3n) is 19.3. The van der Waals surface area contributed by atoms with Crippen LogP contribution in [-0.2, 0) is 33.2 Å². The predicted molar refractivity (Wildman–Crippen MR) is 365 cm³/mol. The maximum atomic E-state index is 13.5. The molecule has 3 heterocycles. The van der Waals surface area contributed by atoms with Crippen LogP contribution >= 0.6 is 0 Å². The number of aliphatic hydroxyl groups is 11. The van der Waals surface area contributed by atoms with E-state index in [4.69, 9.17) is 28.4 Å². The fourth-order valence-electron chi connectivity index (χ4n) is 13.1. The summed E-state index contributed by atoms with van der Waals surface area (Å²) in [6.45, 7) is 1.83. The van der Waals surface area contributed by atoms with Crippen LogP contribution in [0, 0.1) is 0 Å². The van der Waals surface area contributed by atoms with Gasteiger partial charge in [-0.2, -0.15) is 0 Å². The van der Waals surface area contributed by atoms with Gasteiger partial charge in [-0.05, 0) is 44.9 Å². The first-order chi connectivity index (χ1) is 45.3. The van der Waals surface area contributed by atoms with Gasteiger partial charge in [-0.25, -0.2) is 0 Å². The van der Waals surface area contributed by atoms with Crippen molar-refractivity contribution < 1.29 is 89.4 Å². The quantitative estimate of drug-likeness (QED) is 0.0199. The standard InChI is InChI=1S/C74H139NO18/c1-3-5-7-9-11-13-15-17-19-21-22-23-24-25-26-27-28-29-30-31-32-33-34-36-38-40-42-44-46-48-50-52-62(80)75-57(58(79)51-49-47-45-43-41-39-37-35-20-18-16-14-12-10-8-6-4-2)56-88-72-68(86)65(83)70(60(54-77)90-72)93-74-69(87)66(84)71(61(55-78)91-74)92-73-67(85)64(82)63(81)59(53-76)89-73/h15,17,21-22,57-61,63-74,76-79,81-87H,3-14,16,18-20,23-56H2,1-2H3,(H,75,80)/b17-15-,22-21-. The molecule has 3 aliphatic rings. The highest BCUT2D eigenvalue weighted by Gasteiger charge is 2.53. The van der Waals surface area contributed by atoms with Crippen LogP contribution in [0.25, 0.3) is 0 Å². The number of ether oxygens (including phenoxy) is 6. The van der Waals surface area contributed by atoms with E-state index in [2.05, 4.69) is 43.5 Å². The molecule has 0 aromatic rings. The van der Waals surface area contributed by atoms with E-state index in [1.807, 2.05) is 0 Å². The van der Waals surface area contributed by atoms with Crippen molar-refractivity contribution >= 4 is 5.91 Å². The van der Waals surface area contributed by atoms with Crippen molar-refractivity contribution in [1.82, 2.24) is 5.32 Å². The van der Waals surface area contributed by atoms with Gasteiger partial charge in [0, 0.05) is 6.42 Å². The lowest BCUT2D eigenvalue weighted by Gasteiger charge is -2.48. The van der Waals surface area contributed by atoms with Gasteiger partial charge in [-0.1, -0.05) is 282 Å². The van der Waals surface area contributed by atoms with Gasteiger partial charge >= 0.3 is 0 Å². The molecule has 1 amide bonds. The molecule has 17 atom stereocenters. The lowest BCUT2D eigenvalue weighted by atomic mass is 9.96. The number of carbonyl (C=O) groups is 1. The van der Waals surface area contributed by atoms with Crippen molar-refractivity contribution in [2.75, 3.05) is 26.4 Å². The lowest BCUT2D eigenvalue weighted by Crippen LogP contribution is -2.66. The summed E-state index contributed by atoms with van der Waals surface area (Å²) in [6.07, 6.45) is 38.4. The lowest BCUT2D eigenvalue weighted by molar-refractivity contribution is -0.379. The Labute approximate surface area is 562 Å². The zero-order valence-corrected chi connectivity index (χ0v) is 58.3. The van der Waals surface area contributed by atoms with E-state index in [1.54, 1.807) is 0 Å². The Morgan fingerprint density at radius 3 is 1.10 bits per heavy atom. The Bertz CT molecular complexity index is 1780. The van der Waals surface area contributed by atoms with E-state index in [0.717, 1.165) is 51.4 Å². The van der Waals surface area contributed by atoms with Crippen LogP contribution in [0.1, 0.15) is 309 Å². The zero-order valence-electron chi connectivity index (χ0n) is 58.3. The van der Waals surface area contributed by atoms with Crippen LogP contribution in [0.3, 0.4) is 0 Å². The van der Waals surface area contributed by atoms with E-state index in [9.17, 15) is 61.0 Å². The van der Waals surface area contributed by atoms with E-state index in [0.29, 0.717) is 12.8 Å². The average molecular weight is 1330 g/mol. The maximum absolute atomic E-state index is 13.5. The molecule has 19 heteroatoms. The number of hydrogen-bond acceptors (Lipinski definition) is 18. The Kier molecular flexibility index (Phi) is 51.5. The summed E-state index contributed by atoms with van der Waals surface area (Å²) in [5, 5.41) is 121. The van der Waals surface area contributed by atoms with Gasteiger partial charge in [0.2, 0.25) is 5.91 Å². The molecule has 0 saturated carbocycles. The zero-order chi connectivity index (χ0) is 67.5. The first kappa shape index (κ1) is 85.5. The van der Waals surface area contributed by atoms with Crippen molar-refractivity contribution in [3.63, 3.8) is 0 Å². The van der Waals surface area contributed by atoms with Gasteiger partial charge in [0.1, 0.15) is 73.2 Å². The molecule has 0 spiro atoms. The number of carbonyl (C=O) groups excluding carboxylic acids is 1. The highest BCUT2D eigenvalue weighted by atomic mass is 16.8. The van der Waals surface area contributed by atoms with E-state index in [1.165, 1.54) is 225 Å². The van der Waals surface area contributed by atoms with Gasteiger partial charge in [-0.15, -0.1) is 0 Å². The predicted octanol–water partition coefficient (Wildman–Crippen LogP) is 11.4. The Morgan fingerprint density at radius 1 is 0.387 bits per heavy atom. The smallest absolute Gasteiger partial charge is 0.220 e. The Balaban J connectivity index is 1.36. The van der Waals surface area contributed by atoms with Crippen LogP contribution < -0.4 is 5.32 Å². The van der Waals surface area contributed by atoms with Crippen LogP contribution in [0.4, 0.5) is 0 Å². The number of allylic oxidation sites excluding steroid dienone is 4. The molecule has 0 aromatic carbocycles. The fourth-order valence-corrected chi connectivity index (χ4v) is 13.1. The number of rotatable bonds is 60. The third kappa shape index (κ3) is 37.3. The molecule has 3 rings (SSSR count). The maximum Gasteiger partial charge on any atom is 0.220 e. The molecular weight excluding hydrogens is 1190 g/mol. The van der Waals surface area contributed by atoms with Gasteiger partial charge in [0.15, 0.2) is 18.9 Å². The molecule has 12 N–H and O–H groups in total. The topological polar surface area (TPSA) is 307 Å². The van der Waals surface area contributed by atoms with Gasteiger partial charge in [-0.3, -0.25) is 4.79 Å². The molecule has 3 saturated heterocycles. The number of aliphatic hydroxyl groups excluding tert-OH is 11. The molecule has 19 nitrogen and oxygen atoms in total. The molecule has 93 heavy (non-hydrogen) atoms. The van der Waals surface area contributed by atoms with Crippen LogP contribution in [0.2, 0.25) is 0 Å². The van der Waals surface area contributed by atoms with Crippen molar-refractivity contribution in [2.24, 2.45) is 0 Å². The molecule has 0 bridgehead atoms. The average Bonchev–Trinajstić information content (AvgIpc) is 0.900. The molecule has 17 unspecified atom stereocenters. The van der Waals surface area contributed by atoms with Crippen LogP contribution in [0.15, 0.2) is 24.3 Å². The monoisotopic (exact) mass is 1330 g/mol. The van der Waals surface area contributed by atoms with Crippen molar-refractivity contribution in [3.05, 3.63) is 24.3 Å². The van der Waals surface area contributed by atoms with Crippen molar-refractivity contribution in [1.29, 1.82) is 0 Å². The van der Waals surface area contributed by atoms with Crippen LogP contribution in [0.5, 0.6) is 0 Å². The van der Waals surface area contributed by atoms with E-state index < -0.39 is 124 Å². The summed E-state index contributed by atoms with van der Waals surface area (Å²) < 4.78 is 34.5. The van der Waals surface area contributed by atoms with Gasteiger partial charge in [0.25, 0.3) is 0 Å². The first-order valence-electron chi connectivity index (χ1n) is 38.1. The summed E-state index contributed by atoms with van der Waals surface area (Å²) in [6, 6.07) is -0.885. The fraction of sp³-hybridized carbons (Fsp3) is 0.932. The molecule has 3 fully saturated rings. The summed E-state index contributed by atoms with van der Waals surface area (Å²) in [7, 11) is 0. The largest absolute Gasteiger partial charge is 0.394 e. The van der Waals surface area contributed by atoms with Crippen molar-refractivity contribution in [3.8, 4) is 0 Å². The second-order valence-electron chi connectivity index (χ2n) is 27.5. The minimum atomic E-state index is -1.97. The normalized spacial score (nSPS) is 27.6. The second kappa shape index (κ2) is 56.1. The summed E-state index contributed by atoms with van der Waals surface area (Å²) in [4.78, 5) is 13.5. The minimum Gasteiger partial charge on any atom is -0.394 e. The molecule has 548 valence electrons. The number of hydrogen-bond donors (Lipinski definition) is 12. The van der Waals surface area contributed by atoms with Crippen molar-refractivity contribution in [2.45, 2.75) is 413 Å². The molecule has 0 aliphatic carbocycles. The highest BCUT2D eigenvalue weighted by Crippen LogP contribution is 2.33. The summed E-state index contributed by atoms with van der Waals surface area (Å²) >= 11 is 0. The molecular formula is C74H139NO18. The summed E-state index contributed by atoms with van der Waals surface area (Å²) in [5.41, 5.74) is 0.